The quantitative estimate of drug-likeness (QED) is 0.837. The van der Waals surface area contributed by atoms with Crippen LogP contribution in [0, 0.1) is 5.92 Å². The average molecular weight is 248 g/mol. The number of nitrogens with one attached hydrogen (secondary N) is 1. The van der Waals surface area contributed by atoms with Crippen molar-refractivity contribution in [3.8, 4) is 0 Å². The van der Waals surface area contributed by atoms with Crippen LogP contribution in [0.15, 0.2) is 18.7 Å². The number of aromatic nitrogens is 5. The highest BCUT2D eigenvalue weighted by atomic mass is 15.3. The van der Waals surface area contributed by atoms with Gasteiger partial charge in [0, 0.05) is 39.0 Å². The van der Waals surface area contributed by atoms with E-state index in [0.717, 1.165) is 31.3 Å². The fraction of sp³-hybridized carbons (Fsp3) is 0.583. The Morgan fingerprint density at radius 1 is 1.33 bits per heavy atom. The lowest BCUT2D eigenvalue weighted by atomic mass is 10.2. The number of nitrogens with zero attached hydrogens (tertiary/aromatic N) is 5. The Morgan fingerprint density at radius 2 is 2.17 bits per heavy atom. The van der Waals surface area contributed by atoms with Gasteiger partial charge in [-0.15, -0.1) is 0 Å². The van der Waals surface area contributed by atoms with E-state index in [9.17, 15) is 0 Å². The van der Waals surface area contributed by atoms with Gasteiger partial charge in [0.2, 0.25) is 5.95 Å². The first-order chi connectivity index (χ1) is 8.65. The average Bonchev–Trinajstić information content (AvgIpc) is 2.88. The fourth-order valence-corrected chi connectivity index (χ4v) is 1.80. The van der Waals surface area contributed by atoms with E-state index in [2.05, 4.69) is 38.8 Å². The Labute approximate surface area is 107 Å². The second-order valence-corrected chi connectivity index (χ2v) is 4.81. The van der Waals surface area contributed by atoms with E-state index in [1.54, 1.807) is 11.0 Å². The maximum absolute atomic E-state index is 4.31. The lowest BCUT2D eigenvalue weighted by Crippen LogP contribution is -2.13. The summed E-state index contributed by atoms with van der Waals surface area (Å²) in [5.74, 6) is 2.38. The largest absolute Gasteiger partial charge is 0.355 e. The molecule has 0 saturated heterocycles. The summed E-state index contributed by atoms with van der Waals surface area (Å²) in [5.41, 5.74) is 0. The molecule has 0 aliphatic carbocycles. The molecule has 0 saturated carbocycles. The van der Waals surface area contributed by atoms with E-state index >= 15 is 0 Å². The lowest BCUT2D eigenvalue weighted by molar-refractivity contribution is 0.526. The molecule has 0 spiro atoms. The van der Waals surface area contributed by atoms with Crippen molar-refractivity contribution in [1.82, 2.24) is 24.3 Å². The highest BCUT2D eigenvalue weighted by Gasteiger charge is 2.04. The van der Waals surface area contributed by atoms with Crippen LogP contribution in [0.25, 0.3) is 0 Å². The third-order valence-corrected chi connectivity index (χ3v) is 2.56. The minimum absolute atomic E-state index is 0.609. The van der Waals surface area contributed by atoms with Gasteiger partial charge in [0.25, 0.3) is 0 Å². The number of hydrogen-bond donors (Lipinski definition) is 1. The van der Waals surface area contributed by atoms with Gasteiger partial charge in [-0.3, -0.25) is 4.68 Å². The minimum Gasteiger partial charge on any atom is -0.355 e. The predicted molar refractivity (Wildman–Crippen MR) is 70.3 cm³/mol. The first kappa shape index (κ1) is 12.6. The van der Waals surface area contributed by atoms with E-state index in [-0.39, 0.29) is 0 Å². The Morgan fingerprint density at radius 3 is 2.83 bits per heavy atom. The highest BCUT2D eigenvalue weighted by molar-refractivity contribution is 5.25. The van der Waals surface area contributed by atoms with Crippen molar-refractivity contribution in [2.45, 2.75) is 26.8 Å². The molecule has 2 aromatic rings. The molecular weight excluding hydrogens is 228 g/mol. The van der Waals surface area contributed by atoms with Crippen molar-refractivity contribution < 1.29 is 0 Å². The molecule has 0 unspecified atom stereocenters. The summed E-state index contributed by atoms with van der Waals surface area (Å²) in [4.78, 5) is 8.50. The molecule has 6 nitrogen and oxygen atoms in total. The van der Waals surface area contributed by atoms with Crippen LogP contribution in [0.1, 0.15) is 19.7 Å². The molecule has 6 heteroatoms. The van der Waals surface area contributed by atoms with Crippen LogP contribution in [-0.2, 0) is 20.0 Å². The molecule has 18 heavy (non-hydrogen) atoms. The summed E-state index contributed by atoms with van der Waals surface area (Å²) in [6, 6.07) is 0. The molecule has 0 atom stereocenters. The van der Waals surface area contributed by atoms with Crippen LogP contribution >= 0.6 is 0 Å². The van der Waals surface area contributed by atoms with E-state index in [1.165, 1.54) is 0 Å². The summed E-state index contributed by atoms with van der Waals surface area (Å²) in [5, 5.41) is 7.56. The van der Waals surface area contributed by atoms with Crippen LogP contribution in [0.3, 0.4) is 0 Å². The molecule has 2 aromatic heterocycles. The zero-order chi connectivity index (χ0) is 13.0. The minimum atomic E-state index is 0.609. The molecule has 98 valence electrons. The van der Waals surface area contributed by atoms with Gasteiger partial charge in [0.05, 0.1) is 0 Å². The smallest absolute Gasteiger partial charge is 0.202 e. The van der Waals surface area contributed by atoms with Gasteiger partial charge in [0.1, 0.15) is 6.33 Å². The van der Waals surface area contributed by atoms with Crippen molar-refractivity contribution in [1.29, 1.82) is 0 Å². The lowest BCUT2D eigenvalue weighted by Gasteiger charge is -2.11. The highest BCUT2D eigenvalue weighted by Crippen LogP contribution is 2.08. The topological polar surface area (TPSA) is 60.6 Å². The number of anilines is 1. The SMILES string of the molecule is CC(C)Cn1ccnc1NCCc1ncn(C)n1. The van der Waals surface area contributed by atoms with E-state index in [0.29, 0.717) is 5.92 Å². The van der Waals surface area contributed by atoms with Crippen molar-refractivity contribution in [3.63, 3.8) is 0 Å². The summed E-state index contributed by atoms with van der Waals surface area (Å²) in [6.45, 7) is 6.16. The summed E-state index contributed by atoms with van der Waals surface area (Å²) in [6.07, 6.45) is 6.34. The van der Waals surface area contributed by atoms with Gasteiger partial charge in [-0.1, -0.05) is 13.8 Å². The molecule has 0 amide bonds. The van der Waals surface area contributed by atoms with Crippen molar-refractivity contribution >= 4 is 5.95 Å². The van der Waals surface area contributed by atoms with Crippen molar-refractivity contribution in [2.24, 2.45) is 13.0 Å². The number of rotatable bonds is 6. The Balaban J connectivity index is 1.84. The number of imidazole rings is 1. The third kappa shape index (κ3) is 3.32. The monoisotopic (exact) mass is 248 g/mol. The molecule has 2 rings (SSSR count). The number of aryl methyl sites for hydroxylation is 1. The second-order valence-electron chi connectivity index (χ2n) is 4.81. The van der Waals surface area contributed by atoms with Crippen LogP contribution < -0.4 is 5.32 Å². The van der Waals surface area contributed by atoms with Crippen molar-refractivity contribution in [3.05, 3.63) is 24.5 Å². The van der Waals surface area contributed by atoms with Gasteiger partial charge in [-0.25, -0.2) is 9.97 Å². The molecule has 0 aliphatic heterocycles. The summed E-state index contributed by atoms with van der Waals surface area (Å²) >= 11 is 0. The summed E-state index contributed by atoms with van der Waals surface area (Å²) in [7, 11) is 1.87. The molecule has 0 fully saturated rings. The molecule has 2 heterocycles. The van der Waals surface area contributed by atoms with Crippen LogP contribution in [-0.4, -0.2) is 30.9 Å². The zero-order valence-electron chi connectivity index (χ0n) is 11.2. The van der Waals surface area contributed by atoms with Crippen LogP contribution in [0.2, 0.25) is 0 Å². The van der Waals surface area contributed by atoms with Gasteiger partial charge in [0.15, 0.2) is 5.82 Å². The van der Waals surface area contributed by atoms with Gasteiger partial charge in [-0.2, -0.15) is 5.10 Å². The second kappa shape index (κ2) is 5.66. The number of hydrogen-bond acceptors (Lipinski definition) is 4. The molecule has 1 N–H and O–H groups in total. The fourth-order valence-electron chi connectivity index (χ4n) is 1.80. The standard InChI is InChI=1S/C12H20N6/c1-10(2)8-18-7-6-14-12(18)13-5-4-11-15-9-17(3)16-11/h6-7,9-10H,4-5,8H2,1-3H3,(H,13,14). The third-order valence-electron chi connectivity index (χ3n) is 2.56. The molecule has 0 aromatic carbocycles. The Hall–Kier alpha value is -1.85. The summed E-state index contributed by atoms with van der Waals surface area (Å²) < 4.78 is 3.85. The van der Waals surface area contributed by atoms with Gasteiger partial charge >= 0.3 is 0 Å². The zero-order valence-corrected chi connectivity index (χ0v) is 11.2. The van der Waals surface area contributed by atoms with Gasteiger partial charge in [-0.05, 0) is 5.92 Å². The molecule has 0 radical (unpaired) electrons. The maximum atomic E-state index is 4.31. The Kier molecular flexibility index (Phi) is 3.96. The molecule has 0 aliphatic rings. The van der Waals surface area contributed by atoms with E-state index in [4.69, 9.17) is 0 Å². The van der Waals surface area contributed by atoms with Crippen LogP contribution in [0.5, 0.6) is 0 Å². The Bertz CT molecular complexity index is 484. The molecule has 0 bridgehead atoms. The first-order valence-electron chi connectivity index (χ1n) is 6.24. The predicted octanol–water partition coefficient (Wildman–Crippen LogP) is 1.32. The van der Waals surface area contributed by atoms with Gasteiger partial charge < -0.3 is 9.88 Å². The van der Waals surface area contributed by atoms with Crippen LogP contribution in [0.4, 0.5) is 5.95 Å². The van der Waals surface area contributed by atoms with Crippen molar-refractivity contribution in [2.75, 3.05) is 11.9 Å². The van der Waals surface area contributed by atoms with E-state index < -0.39 is 0 Å². The molecular formula is C12H20N6. The maximum Gasteiger partial charge on any atom is 0.202 e. The first-order valence-corrected chi connectivity index (χ1v) is 6.24. The normalized spacial score (nSPS) is 11.1. The van der Waals surface area contributed by atoms with E-state index in [1.807, 2.05) is 19.4 Å².